The van der Waals surface area contributed by atoms with Gasteiger partial charge in [-0.2, -0.15) is 0 Å². The largest absolute Gasteiger partial charge is 0.461 e. The number of ether oxygens (including phenoxy) is 1. The molecule has 5 rings (SSSR count). The molecule has 2 amide bonds. The summed E-state index contributed by atoms with van der Waals surface area (Å²) in [5, 5.41) is 6.84. The van der Waals surface area contributed by atoms with Crippen molar-refractivity contribution >= 4 is 40.0 Å². The van der Waals surface area contributed by atoms with Gasteiger partial charge < -0.3 is 24.7 Å². The fraction of sp³-hybridized carbons (Fsp3) is 0.318. The summed E-state index contributed by atoms with van der Waals surface area (Å²) >= 11 is 0. The Balaban J connectivity index is 1.39. The van der Waals surface area contributed by atoms with Crippen LogP contribution < -0.4 is 15.5 Å². The summed E-state index contributed by atoms with van der Waals surface area (Å²) in [6.07, 6.45) is 3.46. The standard InChI is InChI=1S/C22H22N4O4/c1-13-7-14-8-16(4-5-19(14)30-13)25-22(28)15-9-18-21(23-10-15)24-11-20(27)26(18)12-17-3-2-6-29-17/h4-5,7-10,17H,2-3,6,11-12H2,1H3,(H,23,24)(H,25,28). The highest BCUT2D eigenvalue weighted by atomic mass is 16.5. The number of carbonyl (C=O) groups is 2. The Morgan fingerprint density at radius 2 is 2.23 bits per heavy atom. The predicted octanol–water partition coefficient (Wildman–Crippen LogP) is 3.33. The number of furan rings is 1. The molecule has 1 aromatic carbocycles. The van der Waals surface area contributed by atoms with E-state index in [-0.39, 0.29) is 24.5 Å². The SMILES string of the molecule is Cc1cc2cc(NC(=O)c3cnc4c(c3)N(CC3CCCO3)C(=O)CN4)ccc2o1. The summed E-state index contributed by atoms with van der Waals surface area (Å²) < 4.78 is 11.3. The first-order valence-electron chi connectivity index (χ1n) is 10.0. The summed E-state index contributed by atoms with van der Waals surface area (Å²) in [6.45, 7) is 3.26. The van der Waals surface area contributed by atoms with E-state index in [1.54, 1.807) is 17.0 Å². The third-order valence-electron chi connectivity index (χ3n) is 5.44. The van der Waals surface area contributed by atoms with E-state index in [1.807, 2.05) is 25.1 Å². The molecule has 3 aromatic rings. The van der Waals surface area contributed by atoms with Crippen LogP contribution >= 0.6 is 0 Å². The minimum absolute atomic E-state index is 0.0162. The van der Waals surface area contributed by atoms with E-state index in [1.165, 1.54) is 6.20 Å². The number of hydrogen-bond donors (Lipinski definition) is 2. The lowest BCUT2D eigenvalue weighted by Crippen LogP contribution is -2.44. The van der Waals surface area contributed by atoms with Gasteiger partial charge in [-0.15, -0.1) is 0 Å². The summed E-state index contributed by atoms with van der Waals surface area (Å²) in [6, 6.07) is 9.12. The van der Waals surface area contributed by atoms with Gasteiger partial charge in [0.15, 0.2) is 0 Å². The lowest BCUT2D eigenvalue weighted by Gasteiger charge is -2.31. The van der Waals surface area contributed by atoms with E-state index in [0.717, 1.165) is 36.2 Å². The van der Waals surface area contributed by atoms with Crippen molar-refractivity contribution in [1.82, 2.24) is 4.98 Å². The Labute approximate surface area is 173 Å². The summed E-state index contributed by atoms with van der Waals surface area (Å²) in [4.78, 5) is 31.4. The maximum absolute atomic E-state index is 12.9. The van der Waals surface area contributed by atoms with Gasteiger partial charge in [0, 0.05) is 23.9 Å². The molecule has 2 aliphatic rings. The summed E-state index contributed by atoms with van der Waals surface area (Å²) in [7, 11) is 0. The number of nitrogens with one attached hydrogen (secondary N) is 2. The molecule has 4 heterocycles. The number of benzene rings is 1. The first-order chi connectivity index (χ1) is 14.6. The van der Waals surface area contributed by atoms with Crippen molar-refractivity contribution in [1.29, 1.82) is 0 Å². The summed E-state index contributed by atoms with van der Waals surface area (Å²) in [5.41, 5.74) is 2.42. The van der Waals surface area contributed by atoms with E-state index in [4.69, 9.17) is 9.15 Å². The number of nitrogens with zero attached hydrogens (tertiary/aromatic N) is 2. The average molecular weight is 406 g/mol. The van der Waals surface area contributed by atoms with Gasteiger partial charge in [0.2, 0.25) is 5.91 Å². The Morgan fingerprint density at radius 1 is 1.33 bits per heavy atom. The van der Waals surface area contributed by atoms with Crippen LogP contribution in [0.4, 0.5) is 17.2 Å². The third kappa shape index (κ3) is 3.50. The minimum atomic E-state index is -0.292. The number of pyridine rings is 1. The molecule has 30 heavy (non-hydrogen) atoms. The van der Waals surface area contributed by atoms with Gasteiger partial charge in [0.1, 0.15) is 17.2 Å². The Bertz CT molecular complexity index is 1130. The lowest BCUT2D eigenvalue weighted by molar-refractivity contribution is -0.117. The van der Waals surface area contributed by atoms with E-state index < -0.39 is 0 Å². The van der Waals surface area contributed by atoms with Crippen molar-refractivity contribution < 1.29 is 18.7 Å². The molecule has 8 heteroatoms. The lowest BCUT2D eigenvalue weighted by atomic mass is 10.1. The van der Waals surface area contributed by atoms with Crippen molar-refractivity contribution in [2.24, 2.45) is 0 Å². The normalized spacial score (nSPS) is 18.4. The van der Waals surface area contributed by atoms with Gasteiger partial charge in [0.05, 0.1) is 30.4 Å². The molecule has 0 bridgehead atoms. The van der Waals surface area contributed by atoms with Crippen molar-refractivity contribution in [3.63, 3.8) is 0 Å². The number of amides is 2. The average Bonchev–Trinajstić information content (AvgIpc) is 3.38. The highest BCUT2D eigenvalue weighted by Crippen LogP contribution is 2.30. The molecule has 0 saturated carbocycles. The minimum Gasteiger partial charge on any atom is -0.461 e. The zero-order valence-corrected chi connectivity index (χ0v) is 16.6. The van der Waals surface area contributed by atoms with Crippen LogP contribution in [0.2, 0.25) is 0 Å². The molecule has 1 saturated heterocycles. The van der Waals surface area contributed by atoms with E-state index in [0.29, 0.717) is 29.3 Å². The molecule has 1 fully saturated rings. The topological polar surface area (TPSA) is 96.7 Å². The molecular formula is C22H22N4O4. The molecule has 0 aliphatic carbocycles. The number of fused-ring (bicyclic) bond motifs is 2. The van der Waals surface area contributed by atoms with Crippen LogP contribution in [0, 0.1) is 6.92 Å². The van der Waals surface area contributed by atoms with Gasteiger partial charge in [-0.05, 0) is 50.1 Å². The van der Waals surface area contributed by atoms with E-state index >= 15 is 0 Å². The number of aromatic nitrogens is 1. The molecule has 2 N–H and O–H groups in total. The zero-order valence-electron chi connectivity index (χ0n) is 16.6. The van der Waals surface area contributed by atoms with Crippen LogP contribution in [0.1, 0.15) is 29.0 Å². The van der Waals surface area contributed by atoms with Crippen molar-refractivity contribution in [3.8, 4) is 0 Å². The number of carbonyl (C=O) groups excluding carboxylic acids is 2. The van der Waals surface area contributed by atoms with E-state index in [2.05, 4.69) is 15.6 Å². The smallest absolute Gasteiger partial charge is 0.257 e. The molecule has 1 unspecified atom stereocenters. The Kier molecular flexibility index (Phi) is 4.63. The van der Waals surface area contributed by atoms with Crippen LogP contribution in [0.25, 0.3) is 11.0 Å². The molecule has 154 valence electrons. The van der Waals surface area contributed by atoms with Crippen molar-refractivity contribution in [3.05, 3.63) is 47.9 Å². The van der Waals surface area contributed by atoms with Crippen LogP contribution in [-0.2, 0) is 9.53 Å². The van der Waals surface area contributed by atoms with Crippen molar-refractivity contribution in [2.75, 3.05) is 35.2 Å². The fourth-order valence-electron chi connectivity index (χ4n) is 3.96. The van der Waals surface area contributed by atoms with E-state index in [9.17, 15) is 9.59 Å². The molecule has 8 nitrogen and oxygen atoms in total. The Hall–Kier alpha value is -3.39. The second-order valence-electron chi connectivity index (χ2n) is 7.65. The van der Waals surface area contributed by atoms with Crippen LogP contribution in [0.3, 0.4) is 0 Å². The number of rotatable bonds is 4. The maximum atomic E-state index is 12.9. The first-order valence-corrected chi connectivity index (χ1v) is 10.0. The summed E-state index contributed by atoms with van der Waals surface area (Å²) in [5.74, 6) is 1.06. The van der Waals surface area contributed by atoms with Gasteiger partial charge >= 0.3 is 0 Å². The van der Waals surface area contributed by atoms with Gasteiger partial charge in [-0.1, -0.05) is 0 Å². The second-order valence-corrected chi connectivity index (χ2v) is 7.65. The van der Waals surface area contributed by atoms with Gasteiger partial charge in [0.25, 0.3) is 5.91 Å². The van der Waals surface area contributed by atoms with Crippen molar-refractivity contribution in [2.45, 2.75) is 25.9 Å². The number of anilines is 3. The van der Waals surface area contributed by atoms with Gasteiger partial charge in [-0.3, -0.25) is 9.59 Å². The molecule has 0 radical (unpaired) electrons. The monoisotopic (exact) mass is 406 g/mol. The highest BCUT2D eigenvalue weighted by Gasteiger charge is 2.29. The van der Waals surface area contributed by atoms with Gasteiger partial charge in [-0.25, -0.2) is 4.98 Å². The second kappa shape index (κ2) is 7.46. The number of hydrogen-bond acceptors (Lipinski definition) is 6. The quantitative estimate of drug-likeness (QED) is 0.690. The van der Waals surface area contributed by atoms with Crippen LogP contribution in [0.15, 0.2) is 40.9 Å². The zero-order chi connectivity index (χ0) is 20.7. The number of aryl methyl sites for hydroxylation is 1. The highest BCUT2D eigenvalue weighted by molar-refractivity contribution is 6.08. The Morgan fingerprint density at radius 3 is 3.07 bits per heavy atom. The van der Waals surface area contributed by atoms with Crippen LogP contribution in [-0.4, -0.2) is 42.6 Å². The molecular weight excluding hydrogens is 384 g/mol. The molecule has 2 aliphatic heterocycles. The third-order valence-corrected chi connectivity index (χ3v) is 5.44. The molecule has 2 aromatic heterocycles. The van der Waals surface area contributed by atoms with Crippen LogP contribution in [0.5, 0.6) is 0 Å². The molecule has 0 spiro atoms. The molecule has 1 atom stereocenters. The fourth-order valence-corrected chi connectivity index (χ4v) is 3.96. The predicted molar refractivity (Wildman–Crippen MR) is 113 cm³/mol. The maximum Gasteiger partial charge on any atom is 0.257 e. The first kappa shape index (κ1) is 18.6.